The highest BCUT2D eigenvalue weighted by Gasteiger charge is 2.23. The van der Waals surface area contributed by atoms with Crippen LogP contribution in [0.25, 0.3) is 0 Å². The molecule has 74 valence electrons. The van der Waals surface area contributed by atoms with E-state index in [0.717, 1.165) is 19.6 Å². The Morgan fingerprint density at radius 1 is 1.62 bits per heavy atom. The fourth-order valence-corrected chi connectivity index (χ4v) is 1.53. The molecule has 1 fully saturated rings. The van der Waals surface area contributed by atoms with Crippen molar-refractivity contribution in [2.75, 3.05) is 33.2 Å². The van der Waals surface area contributed by atoms with Gasteiger partial charge in [0.15, 0.2) is 5.11 Å². The van der Waals surface area contributed by atoms with Gasteiger partial charge in [0, 0.05) is 26.7 Å². The molecule has 1 aliphatic heterocycles. The molecule has 1 amide bonds. The van der Waals surface area contributed by atoms with Gasteiger partial charge < -0.3 is 15.1 Å². The molecule has 0 aliphatic carbocycles. The summed E-state index contributed by atoms with van der Waals surface area (Å²) < 4.78 is 0. The maximum atomic E-state index is 11.5. The van der Waals surface area contributed by atoms with Crippen LogP contribution in [0.2, 0.25) is 0 Å². The van der Waals surface area contributed by atoms with Gasteiger partial charge in [-0.15, -0.1) is 0 Å². The van der Waals surface area contributed by atoms with Crippen molar-refractivity contribution in [3.8, 4) is 0 Å². The number of thiocarbonyl (C=S) groups is 1. The van der Waals surface area contributed by atoms with Gasteiger partial charge in [0.2, 0.25) is 5.91 Å². The molecule has 0 atom stereocenters. The van der Waals surface area contributed by atoms with E-state index in [1.54, 1.807) is 7.05 Å². The van der Waals surface area contributed by atoms with Gasteiger partial charge >= 0.3 is 0 Å². The second-order valence-electron chi connectivity index (χ2n) is 2.95. The second-order valence-corrected chi connectivity index (χ2v) is 3.34. The average molecular weight is 201 g/mol. The third-order valence-electron chi connectivity index (χ3n) is 2.20. The number of rotatable bonds is 1. The van der Waals surface area contributed by atoms with Crippen LogP contribution in [-0.4, -0.2) is 54.0 Å². The molecule has 1 heterocycles. The number of amides is 1. The van der Waals surface area contributed by atoms with Gasteiger partial charge in [0.1, 0.15) is 0 Å². The SMILES string of the molecule is CCN1CCN(C(=S)NC)CC1=O. The molecule has 0 aromatic carbocycles. The van der Waals surface area contributed by atoms with E-state index in [9.17, 15) is 4.79 Å². The average Bonchev–Trinajstić information content (AvgIpc) is 2.16. The zero-order valence-electron chi connectivity index (χ0n) is 8.04. The molecular weight excluding hydrogens is 186 g/mol. The van der Waals surface area contributed by atoms with Crippen LogP contribution >= 0.6 is 12.2 Å². The lowest BCUT2D eigenvalue weighted by Crippen LogP contribution is -2.53. The van der Waals surface area contributed by atoms with Crippen molar-refractivity contribution >= 4 is 23.2 Å². The number of piperazine rings is 1. The van der Waals surface area contributed by atoms with Gasteiger partial charge in [0.25, 0.3) is 0 Å². The molecule has 1 N–H and O–H groups in total. The quantitative estimate of drug-likeness (QED) is 0.589. The standard InChI is InChI=1S/C8H15N3OS/c1-3-10-4-5-11(6-7(10)12)8(13)9-2/h3-6H2,1-2H3,(H,9,13). The van der Waals surface area contributed by atoms with Gasteiger partial charge in [-0.2, -0.15) is 0 Å². The summed E-state index contributed by atoms with van der Waals surface area (Å²) in [5.41, 5.74) is 0. The Bertz CT molecular complexity index is 219. The van der Waals surface area contributed by atoms with E-state index < -0.39 is 0 Å². The van der Waals surface area contributed by atoms with Gasteiger partial charge in [-0.05, 0) is 19.1 Å². The number of hydrogen-bond donors (Lipinski definition) is 1. The van der Waals surface area contributed by atoms with Crippen molar-refractivity contribution in [1.29, 1.82) is 0 Å². The van der Waals surface area contributed by atoms with Crippen molar-refractivity contribution in [3.05, 3.63) is 0 Å². The Morgan fingerprint density at radius 2 is 2.31 bits per heavy atom. The molecule has 0 bridgehead atoms. The van der Waals surface area contributed by atoms with E-state index in [-0.39, 0.29) is 5.91 Å². The van der Waals surface area contributed by atoms with Crippen molar-refractivity contribution in [2.45, 2.75) is 6.92 Å². The van der Waals surface area contributed by atoms with E-state index in [4.69, 9.17) is 12.2 Å². The Morgan fingerprint density at radius 3 is 2.77 bits per heavy atom. The topological polar surface area (TPSA) is 35.6 Å². The summed E-state index contributed by atoms with van der Waals surface area (Å²) in [5, 5.41) is 3.53. The zero-order valence-corrected chi connectivity index (χ0v) is 8.86. The maximum Gasteiger partial charge on any atom is 0.242 e. The first kappa shape index (κ1) is 10.2. The van der Waals surface area contributed by atoms with Crippen LogP contribution < -0.4 is 5.32 Å². The van der Waals surface area contributed by atoms with Gasteiger partial charge in [-0.25, -0.2) is 0 Å². The van der Waals surface area contributed by atoms with E-state index in [0.29, 0.717) is 11.7 Å². The molecule has 1 aliphatic rings. The molecule has 0 saturated carbocycles. The molecule has 0 aromatic rings. The Kier molecular flexibility index (Phi) is 3.48. The van der Waals surface area contributed by atoms with Crippen LogP contribution in [0.1, 0.15) is 6.92 Å². The Labute approximate surface area is 83.9 Å². The summed E-state index contributed by atoms with van der Waals surface area (Å²) >= 11 is 5.05. The molecule has 0 radical (unpaired) electrons. The van der Waals surface area contributed by atoms with Crippen molar-refractivity contribution in [2.24, 2.45) is 0 Å². The van der Waals surface area contributed by atoms with Crippen LogP contribution in [0.15, 0.2) is 0 Å². The van der Waals surface area contributed by atoms with E-state index in [1.165, 1.54) is 0 Å². The van der Waals surface area contributed by atoms with Crippen molar-refractivity contribution in [1.82, 2.24) is 15.1 Å². The monoisotopic (exact) mass is 201 g/mol. The number of nitrogens with zero attached hydrogens (tertiary/aromatic N) is 2. The normalized spacial score (nSPS) is 17.5. The molecular formula is C8H15N3OS. The van der Waals surface area contributed by atoms with Crippen LogP contribution in [0.3, 0.4) is 0 Å². The van der Waals surface area contributed by atoms with Crippen LogP contribution in [-0.2, 0) is 4.79 Å². The summed E-state index contributed by atoms with van der Waals surface area (Å²) in [5.74, 6) is 0.159. The van der Waals surface area contributed by atoms with Gasteiger partial charge in [0.05, 0.1) is 6.54 Å². The fourth-order valence-electron chi connectivity index (χ4n) is 1.37. The molecule has 4 nitrogen and oxygen atoms in total. The molecule has 5 heteroatoms. The smallest absolute Gasteiger partial charge is 0.242 e. The third-order valence-corrected chi connectivity index (χ3v) is 2.66. The predicted molar refractivity (Wildman–Crippen MR) is 55.5 cm³/mol. The molecule has 1 saturated heterocycles. The molecule has 0 spiro atoms. The van der Waals surface area contributed by atoms with Gasteiger partial charge in [-0.1, -0.05) is 0 Å². The van der Waals surface area contributed by atoms with Gasteiger partial charge in [-0.3, -0.25) is 4.79 Å². The first-order chi connectivity index (χ1) is 6.19. The minimum atomic E-state index is 0.159. The van der Waals surface area contributed by atoms with Crippen LogP contribution in [0, 0.1) is 0 Å². The fraction of sp³-hybridized carbons (Fsp3) is 0.750. The minimum absolute atomic E-state index is 0.159. The summed E-state index contributed by atoms with van der Waals surface area (Å²) in [4.78, 5) is 15.2. The number of likely N-dealkylation sites (N-methyl/N-ethyl adjacent to an activating group) is 1. The zero-order chi connectivity index (χ0) is 9.84. The summed E-state index contributed by atoms with van der Waals surface area (Å²) in [6.45, 7) is 4.80. The second kappa shape index (κ2) is 4.41. The largest absolute Gasteiger partial charge is 0.366 e. The summed E-state index contributed by atoms with van der Waals surface area (Å²) in [6, 6.07) is 0. The first-order valence-corrected chi connectivity index (χ1v) is 4.84. The predicted octanol–water partition coefficient (Wildman–Crippen LogP) is -0.345. The Hall–Kier alpha value is -0.840. The third kappa shape index (κ3) is 2.30. The lowest BCUT2D eigenvalue weighted by atomic mass is 10.3. The number of carbonyl (C=O) groups excluding carboxylic acids is 1. The molecule has 0 unspecified atom stereocenters. The van der Waals surface area contributed by atoms with E-state index in [1.807, 2.05) is 16.7 Å². The summed E-state index contributed by atoms with van der Waals surface area (Å²) in [7, 11) is 1.78. The highest BCUT2D eigenvalue weighted by Crippen LogP contribution is 2.02. The Balaban J connectivity index is 2.50. The lowest BCUT2D eigenvalue weighted by molar-refractivity contribution is -0.134. The molecule has 0 aromatic heterocycles. The summed E-state index contributed by atoms with van der Waals surface area (Å²) in [6.07, 6.45) is 0. The highest BCUT2D eigenvalue weighted by atomic mass is 32.1. The number of nitrogens with one attached hydrogen (secondary N) is 1. The van der Waals surface area contributed by atoms with E-state index >= 15 is 0 Å². The molecule has 1 rings (SSSR count). The van der Waals surface area contributed by atoms with Crippen LogP contribution in [0.5, 0.6) is 0 Å². The maximum absolute atomic E-state index is 11.5. The number of carbonyl (C=O) groups is 1. The van der Waals surface area contributed by atoms with Crippen molar-refractivity contribution < 1.29 is 4.79 Å². The number of hydrogen-bond acceptors (Lipinski definition) is 2. The highest BCUT2D eigenvalue weighted by molar-refractivity contribution is 7.80. The molecule has 13 heavy (non-hydrogen) atoms. The van der Waals surface area contributed by atoms with Crippen LogP contribution in [0.4, 0.5) is 0 Å². The minimum Gasteiger partial charge on any atom is -0.366 e. The van der Waals surface area contributed by atoms with E-state index in [2.05, 4.69) is 5.32 Å². The van der Waals surface area contributed by atoms with Crippen molar-refractivity contribution in [3.63, 3.8) is 0 Å². The lowest BCUT2D eigenvalue weighted by Gasteiger charge is -2.34. The first-order valence-electron chi connectivity index (χ1n) is 4.43.